The molecule has 0 amide bonds. The number of nitrogens with two attached hydrogens (primary N) is 1. The number of hydrogen-bond acceptors (Lipinski definition) is 5. The Morgan fingerprint density at radius 3 is 2.50 bits per heavy atom. The molecule has 0 unspecified atom stereocenters. The Kier molecular flexibility index (Phi) is 4.81. The number of hydrogen-bond donors (Lipinski definition) is 3. The second-order valence-corrected chi connectivity index (χ2v) is 6.18. The summed E-state index contributed by atoms with van der Waals surface area (Å²) in [6, 6.07) is 1.73. The van der Waals surface area contributed by atoms with E-state index in [1.165, 1.54) is 12.8 Å². The Labute approximate surface area is 121 Å². The van der Waals surface area contributed by atoms with Gasteiger partial charge >= 0.3 is 0 Å². The molecule has 5 nitrogen and oxygen atoms in total. The van der Waals surface area contributed by atoms with Crippen LogP contribution in [0.25, 0.3) is 0 Å². The van der Waals surface area contributed by atoms with Crippen LogP contribution in [0.3, 0.4) is 0 Å². The summed E-state index contributed by atoms with van der Waals surface area (Å²) in [7, 11) is 0. The van der Waals surface area contributed by atoms with Crippen molar-refractivity contribution in [2.75, 3.05) is 17.6 Å². The highest BCUT2D eigenvalue weighted by Gasteiger charge is 2.27. The third kappa shape index (κ3) is 4.07. The normalized spacial score (nSPS) is 18.8. The van der Waals surface area contributed by atoms with Crippen LogP contribution in [-0.2, 0) is 0 Å². The van der Waals surface area contributed by atoms with Crippen LogP contribution in [0.2, 0.25) is 0 Å². The molecule has 0 aromatic carbocycles. The number of nitrogens with zero attached hydrogens (tertiary/aromatic N) is 2. The van der Waals surface area contributed by atoms with E-state index in [0.29, 0.717) is 18.2 Å². The Morgan fingerprint density at radius 2 is 1.90 bits per heavy atom. The average molecular weight is 278 g/mol. The first-order valence-corrected chi connectivity index (χ1v) is 7.59. The van der Waals surface area contributed by atoms with Gasteiger partial charge in [0, 0.05) is 18.5 Å². The Hall–Kier alpha value is -1.36. The van der Waals surface area contributed by atoms with Crippen LogP contribution in [0.1, 0.15) is 64.1 Å². The zero-order chi connectivity index (χ0) is 14.6. The van der Waals surface area contributed by atoms with Crippen LogP contribution >= 0.6 is 0 Å². The molecular weight excluding hydrogens is 252 g/mol. The molecule has 20 heavy (non-hydrogen) atoms. The van der Waals surface area contributed by atoms with E-state index in [2.05, 4.69) is 15.3 Å². The van der Waals surface area contributed by atoms with Gasteiger partial charge in [0.05, 0.1) is 5.60 Å². The summed E-state index contributed by atoms with van der Waals surface area (Å²) >= 11 is 0. The fourth-order valence-electron chi connectivity index (χ4n) is 2.65. The monoisotopic (exact) mass is 278 g/mol. The molecule has 0 spiro atoms. The predicted octanol–water partition coefficient (Wildman–Crippen LogP) is 2.68. The number of rotatable bonds is 4. The standard InChI is InChI=1S/C15H26N4O/c1-11(2)14-18-12(16)9-13(19-14)17-10-15(20)7-5-3-4-6-8-15/h9,11,20H,3-8,10H2,1-2H3,(H3,16,17,18,19). The first-order valence-electron chi connectivity index (χ1n) is 7.59. The van der Waals surface area contributed by atoms with Crippen molar-refractivity contribution in [2.45, 2.75) is 63.9 Å². The Bertz CT molecular complexity index is 439. The predicted molar refractivity (Wildman–Crippen MR) is 81.7 cm³/mol. The zero-order valence-electron chi connectivity index (χ0n) is 12.5. The van der Waals surface area contributed by atoms with E-state index >= 15 is 0 Å². The van der Waals surface area contributed by atoms with E-state index in [9.17, 15) is 5.11 Å². The molecule has 1 heterocycles. The molecule has 112 valence electrons. The molecule has 0 bridgehead atoms. The van der Waals surface area contributed by atoms with Crippen LogP contribution in [0.15, 0.2) is 6.07 Å². The van der Waals surface area contributed by atoms with E-state index in [1.54, 1.807) is 6.07 Å². The summed E-state index contributed by atoms with van der Waals surface area (Å²) in [6.45, 7) is 4.61. The van der Waals surface area contributed by atoms with Gasteiger partial charge in [-0.15, -0.1) is 0 Å². The topological polar surface area (TPSA) is 84.1 Å². The molecule has 1 aliphatic rings. The van der Waals surface area contributed by atoms with Crippen molar-refractivity contribution < 1.29 is 5.11 Å². The van der Waals surface area contributed by atoms with Gasteiger partial charge in [-0.2, -0.15) is 0 Å². The van der Waals surface area contributed by atoms with Crippen LogP contribution < -0.4 is 11.1 Å². The van der Waals surface area contributed by atoms with Crippen LogP contribution in [0.4, 0.5) is 11.6 Å². The third-order valence-electron chi connectivity index (χ3n) is 3.91. The minimum absolute atomic E-state index is 0.236. The number of aromatic nitrogens is 2. The van der Waals surface area contributed by atoms with Crippen molar-refractivity contribution in [1.82, 2.24) is 9.97 Å². The highest BCUT2D eigenvalue weighted by molar-refractivity contribution is 5.45. The molecule has 0 aliphatic heterocycles. The molecule has 1 fully saturated rings. The molecule has 0 atom stereocenters. The van der Waals surface area contributed by atoms with Gasteiger partial charge in [0.25, 0.3) is 0 Å². The van der Waals surface area contributed by atoms with Gasteiger partial charge in [0.2, 0.25) is 0 Å². The van der Waals surface area contributed by atoms with E-state index < -0.39 is 5.60 Å². The number of anilines is 2. The molecule has 1 saturated carbocycles. The van der Waals surface area contributed by atoms with Crippen molar-refractivity contribution in [3.63, 3.8) is 0 Å². The summed E-state index contributed by atoms with van der Waals surface area (Å²) in [5, 5.41) is 13.9. The minimum atomic E-state index is -0.617. The van der Waals surface area contributed by atoms with Crippen molar-refractivity contribution in [3.8, 4) is 0 Å². The minimum Gasteiger partial charge on any atom is -0.388 e. The van der Waals surface area contributed by atoms with Gasteiger partial charge in [-0.25, -0.2) is 9.97 Å². The maximum Gasteiger partial charge on any atom is 0.135 e. The summed E-state index contributed by atoms with van der Waals surface area (Å²) in [4.78, 5) is 8.68. The van der Waals surface area contributed by atoms with Crippen LogP contribution in [-0.4, -0.2) is 27.2 Å². The molecule has 4 N–H and O–H groups in total. The number of aliphatic hydroxyl groups is 1. The second kappa shape index (κ2) is 6.39. The van der Waals surface area contributed by atoms with E-state index in [1.807, 2.05) is 13.8 Å². The lowest BCUT2D eigenvalue weighted by atomic mass is 9.94. The van der Waals surface area contributed by atoms with Crippen molar-refractivity contribution in [1.29, 1.82) is 0 Å². The SMILES string of the molecule is CC(C)c1nc(N)cc(NCC2(O)CCCCCC2)n1. The highest BCUT2D eigenvalue weighted by Crippen LogP contribution is 2.27. The van der Waals surface area contributed by atoms with Crippen molar-refractivity contribution >= 4 is 11.6 Å². The summed E-state index contributed by atoms with van der Waals surface area (Å²) in [5.41, 5.74) is 5.19. The van der Waals surface area contributed by atoms with Gasteiger partial charge in [-0.3, -0.25) is 0 Å². The van der Waals surface area contributed by atoms with Crippen molar-refractivity contribution in [2.24, 2.45) is 0 Å². The fourth-order valence-corrected chi connectivity index (χ4v) is 2.65. The first-order chi connectivity index (χ1) is 9.48. The number of nitrogen functional groups attached to an aromatic ring is 1. The van der Waals surface area contributed by atoms with Crippen molar-refractivity contribution in [3.05, 3.63) is 11.9 Å². The van der Waals surface area contributed by atoms with Crippen LogP contribution in [0, 0.1) is 0 Å². The third-order valence-corrected chi connectivity index (χ3v) is 3.91. The Morgan fingerprint density at radius 1 is 1.25 bits per heavy atom. The molecule has 0 radical (unpaired) electrons. The molecule has 2 rings (SSSR count). The lowest BCUT2D eigenvalue weighted by Gasteiger charge is -2.27. The first kappa shape index (κ1) is 15.0. The van der Waals surface area contributed by atoms with Gasteiger partial charge in [-0.1, -0.05) is 39.5 Å². The van der Waals surface area contributed by atoms with E-state index in [-0.39, 0.29) is 5.92 Å². The molecule has 5 heteroatoms. The molecule has 0 saturated heterocycles. The summed E-state index contributed by atoms with van der Waals surface area (Å²) in [6.07, 6.45) is 6.36. The molecular formula is C15H26N4O. The number of nitrogens with one attached hydrogen (secondary N) is 1. The van der Waals surface area contributed by atoms with Gasteiger partial charge < -0.3 is 16.2 Å². The van der Waals surface area contributed by atoms with Gasteiger partial charge in [0.1, 0.15) is 17.5 Å². The lowest BCUT2D eigenvalue weighted by molar-refractivity contribution is 0.0380. The summed E-state index contributed by atoms with van der Waals surface area (Å²) in [5.74, 6) is 2.15. The highest BCUT2D eigenvalue weighted by atomic mass is 16.3. The lowest BCUT2D eigenvalue weighted by Crippen LogP contribution is -2.36. The molecule has 1 aliphatic carbocycles. The molecule has 1 aromatic heterocycles. The summed E-state index contributed by atoms with van der Waals surface area (Å²) < 4.78 is 0. The Balaban J connectivity index is 2.02. The molecule has 1 aromatic rings. The quantitative estimate of drug-likeness (QED) is 0.737. The van der Waals surface area contributed by atoms with Gasteiger partial charge in [0.15, 0.2) is 0 Å². The zero-order valence-corrected chi connectivity index (χ0v) is 12.5. The maximum atomic E-state index is 10.6. The van der Waals surface area contributed by atoms with E-state index in [4.69, 9.17) is 5.73 Å². The maximum absolute atomic E-state index is 10.6. The average Bonchev–Trinajstić information content (AvgIpc) is 2.61. The van der Waals surface area contributed by atoms with Crippen LogP contribution in [0.5, 0.6) is 0 Å². The largest absolute Gasteiger partial charge is 0.388 e. The van der Waals surface area contributed by atoms with E-state index in [0.717, 1.165) is 31.5 Å². The second-order valence-electron chi connectivity index (χ2n) is 6.18. The smallest absolute Gasteiger partial charge is 0.135 e. The fraction of sp³-hybridized carbons (Fsp3) is 0.733. The van der Waals surface area contributed by atoms with Gasteiger partial charge in [-0.05, 0) is 12.8 Å².